The molecule has 0 unspecified atom stereocenters. The number of benzene rings is 2. The van der Waals surface area contributed by atoms with Gasteiger partial charge in [0.25, 0.3) is 5.91 Å². The summed E-state index contributed by atoms with van der Waals surface area (Å²) in [5.74, 6) is 1.98. The molecule has 1 saturated heterocycles. The van der Waals surface area contributed by atoms with Gasteiger partial charge in [0.1, 0.15) is 0 Å². The third-order valence-corrected chi connectivity index (χ3v) is 6.13. The second-order valence-corrected chi connectivity index (χ2v) is 8.18. The maximum Gasteiger partial charge on any atom is 0.260 e. The van der Waals surface area contributed by atoms with Crippen LogP contribution in [0.3, 0.4) is 0 Å². The summed E-state index contributed by atoms with van der Waals surface area (Å²) >= 11 is 1.60. The van der Waals surface area contributed by atoms with Crippen molar-refractivity contribution < 1.29 is 19.0 Å². The van der Waals surface area contributed by atoms with E-state index in [2.05, 4.69) is 0 Å². The molecule has 2 aromatic rings. The van der Waals surface area contributed by atoms with Crippen LogP contribution in [0.4, 0.5) is 0 Å². The molecule has 0 aliphatic carbocycles. The van der Waals surface area contributed by atoms with Crippen molar-refractivity contribution in [3.63, 3.8) is 0 Å². The van der Waals surface area contributed by atoms with Crippen molar-refractivity contribution in [2.24, 2.45) is 4.99 Å². The number of amides is 1. The van der Waals surface area contributed by atoms with E-state index >= 15 is 0 Å². The molecule has 7 heteroatoms. The van der Waals surface area contributed by atoms with Crippen LogP contribution in [-0.2, 0) is 6.54 Å². The van der Waals surface area contributed by atoms with Gasteiger partial charge in [-0.15, -0.1) is 0 Å². The minimum Gasteiger partial charge on any atom is -0.493 e. The second-order valence-electron chi connectivity index (χ2n) is 7.24. The van der Waals surface area contributed by atoms with E-state index in [9.17, 15) is 4.79 Å². The number of aliphatic imine (C=N–C) groups is 1. The van der Waals surface area contributed by atoms with Crippen molar-refractivity contribution in [2.45, 2.75) is 25.9 Å². The smallest absolute Gasteiger partial charge is 0.260 e. The first kappa shape index (κ1) is 21.0. The molecular weight excluding hydrogens is 388 g/mol. The van der Waals surface area contributed by atoms with Gasteiger partial charge in [0.2, 0.25) is 5.75 Å². The van der Waals surface area contributed by atoms with Gasteiger partial charge in [-0.25, -0.2) is 0 Å². The third-order valence-electron chi connectivity index (χ3n) is 4.71. The molecule has 29 heavy (non-hydrogen) atoms. The first-order chi connectivity index (χ1) is 13.9. The molecule has 1 aliphatic rings. The molecule has 0 atom stereocenters. The molecule has 0 aromatic heterocycles. The minimum atomic E-state index is -0.363. The number of carbonyl (C=O) groups is 1. The number of methoxy groups -OCH3 is 3. The predicted octanol–water partition coefficient (Wildman–Crippen LogP) is 4.24. The Bertz CT molecular complexity index is 887. The lowest BCUT2D eigenvalue weighted by atomic mass is 10.0. The van der Waals surface area contributed by atoms with Gasteiger partial charge in [0.15, 0.2) is 16.7 Å². The fraction of sp³-hybridized carbons (Fsp3) is 0.364. The number of hydrogen-bond acceptors (Lipinski definition) is 6. The van der Waals surface area contributed by atoms with Crippen LogP contribution in [0.25, 0.3) is 0 Å². The van der Waals surface area contributed by atoms with E-state index in [4.69, 9.17) is 19.2 Å². The molecule has 1 amide bonds. The summed E-state index contributed by atoms with van der Waals surface area (Å²) in [6, 6.07) is 13.4. The average molecular weight is 415 g/mol. The van der Waals surface area contributed by atoms with Crippen LogP contribution in [0, 0.1) is 0 Å². The summed E-state index contributed by atoms with van der Waals surface area (Å²) in [6.45, 7) is 4.61. The van der Waals surface area contributed by atoms with Crippen molar-refractivity contribution in [1.82, 2.24) is 4.90 Å². The van der Waals surface area contributed by atoms with E-state index in [-0.39, 0.29) is 11.4 Å². The van der Waals surface area contributed by atoms with Crippen molar-refractivity contribution in [3.8, 4) is 17.2 Å². The standard InChI is InChI=1S/C22H26N2O4S/c1-22(2)14-29-21(23-13-15-9-7-6-8-10-15)24(22)20(25)16-11-17(26-3)19(28-5)18(12-16)27-4/h6-12H,13-14H2,1-5H3. The highest BCUT2D eigenvalue weighted by Crippen LogP contribution is 2.40. The zero-order valence-corrected chi connectivity index (χ0v) is 18.2. The number of ether oxygens (including phenoxy) is 3. The number of rotatable bonds is 6. The molecule has 0 saturated carbocycles. The number of amidine groups is 1. The molecule has 0 N–H and O–H groups in total. The maximum absolute atomic E-state index is 13.5. The van der Waals surface area contributed by atoms with Crippen molar-refractivity contribution in [3.05, 3.63) is 53.6 Å². The lowest BCUT2D eigenvalue weighted by Gasteiger charge is -2.30. The summed E-state index contributed by atoms with van der Waals surface area (Å²) in [5, 5.41) is 0.720. The molecular formula is C22H26N2O4S. The predicted molar refractivity (Wildman–Crippen MR) is 116 cm³/mol. The SMILES string of the molecule is COc1cc(C(=O)N2C(=NCc3ccccc3)SCC2(C)C)cc(OC)c1OC. The molecule has 3 rings (SSSR count). The quantitative estimate of drug-likeness (QED) is 0.708. The van der Waals surface area contributed by atoms with Gasteiger partial charge in [0, 0.05) is 11.3 Å². The molecule has 2 aromatic carbocycles. The fourth-order valence-corrected chi connectivity index (χ4v) is 4.41. The van der Waals surface area contributed by atoms with Gasteiger partial charge in [-0.05, 0) is 31.5 Å². The zero-order chi connectivity index (χ0) is 21.0. The minimum absolute atomic E-state index is 0.147. The van der Waals surface area contributed by atoms with Crippen molar-refractivity contribution >= 4 is 22.8 Å². The summed E-state index contributed by atoms with van der Waals surface area (Å²) < 4.78 is 16.2. The van der Waals surface area contributed by atoms with Gasteiger partial charge in [0.05, 0.1) is 33.4 Å². The van der Waals surface area contributed by atoms with Crippen LogP contribution < -0.4 is 14.2 Å². The zero-order valence-electron chi connectivity index (χ0n) is 17.4. The molecule has 0 radical (unpaired) electrons. The van der Waals surface area contributed by atoms with Gasteiger partial charge >= 0.3 is 0 Å². The van der Waals surface area contributed by atoms with E-state index in [1.807, 2.05) is 44.2 Å². The molecule has 1 fully saturated rings. The highest BCUT2D eigenvalue weighted by molar-refractivity contribution is 8.14. The summed E-state index contributed by atoms with van der Waals surface area (Å²) in [5.41, 5.74) is 1.20. The maximum atomic E-state index is 13.5. The Morgan fingerprint density at radius 1 is 1.07 bits per heavy atom. The first-order valence-electron chi connectivity index (χ1n) is 9.27. The largest absolute Gasteiger partial charge is 0.493 e. The van der Waals surface area contributed by atoms with Crippen LogP contribution in [0.2, 0.25) is 0 Å². The number of thioether (sulfide) groups is 1. The topological polar surface area (TPSA) is 60.4 Å². The van der Waals surface area contributed by atoms with E-state index < -0.39 is 0 Å². The van der Waals surface area contributed by atoms with E-state index in [1.54, 1.807) is 28.8 Å². The van der Waals surface area contributed by atoms with Crippen LogP contribution in [0.1, 0.15) is 29.8 Å². The van der Waals surface area contributed by atoms with E-state index in [1.165, 1.54) is 21.3 Å². The third kappa shape index (κ3) is 4.34. The lowest BCUT2D eigenvalue weighted by Crippen LogP contribution is -2.46. The van der Waals surface area contributed by atoms with Gasteiger partial charge in [-0.2, -0.15) is 0 Å². The summed E-state index contributed by atoms with van der Waals surface area (Å²) in [6.07, 6.45) is 0. The second kappa shape index (κ2) is 8.78. The van der Waals surface area contributed by atoms with Crippen LogP contribution in [0.5, 0.6) is 17.2 Å². The summed E-state index contributed by atoms with van der Waals surface area (Å²) in [4.78, 5) is 20.0. The Kier molecular flexibility index (Phi) is 6.37. The highest BCUT2D eigenvalue weighted by Gasteiger charge is 2.42. The number of carbonyl (C=O) groups excluding carboxylic acids is 1. The van der Waals surface area contributed by atoms with Gasteiger partial charge in [-0.3, -0.25) is 14.7 Å². The van der Waals surface area contributed by atoms with Crippen molar-refractivity contribution in [2.75, 3.05) is 27.1 Å². The summed E-state index contributed by atoms with van der Waals surface area (Å²) in [7, 11) is 4.61. The highest BCUT2D eigenvalue weighted by atomic mass is 32.2. The van der Waals surface area contributed by atoms with Crippen molar-refractivity contribution in [1.29, 1.82) is 0 Å². The van der Waals surface area contributed by atoms with Gasteiger partial charge < -0.3 is 14.2 Å². The van der Waals surface area contributed by atoms with Crippen LogP contribution >= 0.6 is 11.8 Å². The van der Waals surface area contributed by atoms with Crippen LogP contribution in [0.15, 0.2) is 47.5 Å². The molecule has 6 nitrogen and oxygen atoms in total. The Morgan fingerprint density at radius 3 is 2.24 bits per heavy atom. The Morgan fingerprint density at radius 2 is 1.69 bits per heavy atom. The molecule has 0 spiro atoms. The Hall–Kier alpha value is -2.67. The molecule has 154 valence electrons. The molecule has 1 aliphatic heterocycles. The Labute approximate surface area is 175 Å². The first-order valence-corrected chi connectivity index (χ1v) is 10.3. The van der Waals surface area contributed by atoms with Gasteiger partial charge in [-0.1, -0.05) is 42.1 Å². The molecule has 0 bridgehead atoms. The average Bonchev–Trinajstić information content (AvgIpc) is 3.05. The van der Waals surface area contributed by atoms with E-state index in [0.717, 1.165) is 16.5 Å². The lowest BCUT2D eigenvalue weighted by molar-refractivity contribution is 0.0765. The number of nitrogens with zero attached hydrogens (tertiary/aromatic N) is 2. The Balaban J connectivity index is 1.96. The normalized spacial score (nSPS) is 16.7. The van der Waals surface area contributed by atoms with E-state index in [0.29, 0.717) is 29.4 Å². The fourth-order valence-electron chi connectivity index (χ4n) is 3.18. The van der Waals surface area contributed by atoms with Crippen LogP contribution in [-0.4, -0.2) is 48.6 Å². The monoisotopic (exact) mass is 414 g/mol. The molecule has 1 heterocycles. The number of hydrogen-bond donors (Lipinski definition) is 0.